The fraction of sp³-hybridized carbons (Fsp3) is 0.476. The Hall–Kier alpha value is -2.97. The van der Waals surface area contributed by atoms with Crippen molar-refractivity contribution in [2.45, 2.75) is 64.1 Å². The van der Waals surface area contributed by atoms with Crippen molar-refractivity contribution in [2.75, 3.05) is 5.32 Å². The summed E-state index contributed by atoms with van der Waals surface area (Å²) in [4.78, 5) is 20.6. The van der Waals surface area contributed by atoms with Crippen LogP contribution in [0.15, 0.2) is 41.2 Å². The maximum atomic E-state index is 13.0. The van der Waals surface area contributed by atoms with Gasteiger partial charge in [-0.1, -0.05) is 6.07 Å². The molecule has 9 heteroatoms. The van der Waals surface area contributed by atoms with Crippen molar-refractivity contribution < 1.29 is 13.6 Å². The van der Waals surface area contributed by atoms with Gasteiger partial charge in [-0.3, -0.25) is 14.2 Å². The number of hydrogen-bond donors (Lipinski definition) is 3. The predicted octanol–water partition coefficient (Wildman–Crippen LogP) is 3.43. The Labute approximate surface area is 174 Å². The number of halogens is 2. The van der Waals surface area contributed by atoms with Crippen LogP contribution in [0.1, 0.15) is 51.7 Å². The van der Waals surface area contributed by atoms with Gasteiger partial charge in [0.05, 0.1) is 5.57 Å². The Morgan fingerprint density at radius 1 is 1.27 bits per heavy atom. The number of imidazole rings is 1. The molecule has 2 heterocycles. The number of carbonyl (C=O) groups excluding carboxylic acids is 1. The van der Waals surface area contributed by atoms with Gasteiger partial charge in [-0.15, -0.1) is 0 Å². The average molecular weight is 418 g/mol. The van der Waals surface area contributed by atoms with Crippen LogP contribution >= 0.6 is 0 Å². The molecule has 2 aromatic rings. The quantitative estimate of drug-likeness (QED) is 0.474. The molecule has 1 fully saturated rings. The zero-order valence-corrected chi connectivity index (χ0v) is 17.2. The van der Waals surface area contributed by atoms with Crippen LogP contribution in [0.4, 0.5) is 14.6 Å². The van der Waals surface area contributed by atoms with Gasteiger partial charge in [-0.25, -0.2) is 13.8 Å². The van der Waals surface area contributed by atoms with E-state index in [0.717, 1.165) is 31.5 Å². The summed E-state index contributed by atoms with van der Waals surface area (Å²) in [5, 5.41) is 6.45. The Morgan fingerprint density at radius 2 is 1.97 bits per heavy atom. The van der Waals surface area contributed by atoms with E-state index in [-0.39, 0.29) is 29.7 Å². The van der Waals surface area contributed by atoms with Crippen LogP contribution < -0.4 is 16.4 Å². The molecule has 0 radical (unpaired) electrons. The van der Waals surface area contributed by atoms with Gasteiger partial charge in [0.15, 0.2) is 0 Å². The van der Waals surface area contributed by atoms with E-state index >= 15 is 0 Å². The minimum Gasteiger partial charge on any atom is -0.404 e. The fourth-order valence-electron chi connectivity index (χ4n) is 3.52. The monoisotopic (exact) mass is 418 g/mol. The van der Waals surface area contributed by atoms with E-state index in [9.17, 15) is 13.6 Å². The highest BCUT2D eigenvalue weighted by Crippen LogP contribution is 2.25. The molecule has 0 aromatic carbocycles. The first-order chi connectivity index (χ1) is 14.4. The third-order valence-corrected chi connectivity index (χ3v) is 5.10. The standard InChI is InChI=1S/C21H28F2N6O/c1-13(2)25-11-14(10-24)21(30)27-16-8-6-15(7-9-16)26-18-4-3-5-19-28-17(20(22)23)12-29(18)19/h3-5,10-13,15-16,20,26H,6-9,24H2,1-2H3,(H,27,30)/b14-10+,25-11?. The maximum Gasteiger partial charge on any atom is 0.281 e. The van der Waals surface area contributed by atoms with Gasteiger partial charge >= 0.3 is 0 Å². The van der Waals surface area contributed by atoms with Crippen LogP contribution in [0, 0.1) is 0 Å². The summed E-state index contributed by atoms with van der Waals surface area (Å²) < 4.78 is 27.6. The number of nitrogens with zero attached hydrogens (tertiary/aromatic N) is 3. The molecule has 162 valence electrons. The van der Waals surface area contributed by atoms with Crippen molar-refractivity contribution in [1.82, 2.24) is 14.7 Å². The topological polar surface area (TPSA) is 96.8 Å². The largest absolute Gasteiger partial charge is 0.404 e. The summed E-state index contributed by atoms with van der Waals surface area (Å²) in [5.41, 5.74) is 6.16. The van der Waals surface area contributed by atoms with Gasteiger partial charge in [0.25, 0.3) is 12.3 Å². The van der Waals surface area contributed by atoms with E-state index in [0.29, 0.717) is 11.2 Å². The molecule has 7 nitrogen and oxygen atoms in total. The summed E-state index contributed by atoms with van der Waals surface area (Å²) in [6.45, 7) is 3.85. The number of carbonyl (C=O) groups is 1. The van der Waals surface area contributed by atoms with Crippen molar-refractivity contribution >= 4 is 23.6 Å². The molecule has 0 bridgehead atoms. The van der Waals surface area contributed by atoms with Gasteiger partial charge in [0.1, 0.15) is 17.2 Å². The number of rotatable bonds is 7. The summed E-state index contributed by atoms with van der Waals surface area (Å²) in [6.07, 6.45) is 4.86. The lowest BCUT2D eigenvalue weighted by atomic mass is 9.91. The van der Waals surface area contributed by atoms with Gasteiger partial charge in [0, 0.05) is 36.7 Å². The lowest BCUT2D eigenvalue weighted by molar-refractivity contribution is -0.117. The summed E-state index contributed by atoms with van der Waals surface area (Å²) in [5.74, 6) is 0.513. The number of nitrogens with one attached hydrogen (secondary N) is 2. The van der Waals surface area contributed by atoms with Crippen molar-refractivity contribution in [3.05, 3.63) is 41.9 Å². The average Bonchev–Trinajstić information content (AvgIpc) is 3.15. The number of anilines is 1. The van der Waals surface area contributed by atoms with Crippen LogP contribution in [0.5, 0.6) is 0 Å². The van der Waals surface area contributed by atoms with Gasteiger partial charge in [0.2, 0.25) is 0 Å². The molecule has 1 saturated carbocycles. The molecule has 0 atom stereocenters. The van der Waals surface area contributed by atoms with E-state index in [1.165, 1.54) is 18.6 Å². The van der Waals surface area contributed by atoms with Gasteiger partial charge < -0.3 is 16.4 Å². The SMILES string of the molecule is CC(C)N=C/C(=C\N)C(=O)NC1CCC(Nc2cccc3nc(C(F)F)cn23)CC1. The van der Waals surface area contributed by atoms with E-state index in [1.54, 1.807) is 16.5 Å². The molecule has 3 rings (SSSR count). The minimum atomic E-state index is -2.60. The Morgan fingerprint density at radius 3 is 2.60 bits per heavy atom. The highest BCUT2D eigenvalue weighted by Gasteiger charge is 2.24. The highest BCUT2D eigenvalue weighted by molar-refractivity contribution is 6.12. The second-order valence-electron chi connectivity index (χ2n) is 7.77. The molecule has 0 spiro atoms. The molecule has 0 aliphatic heterocycles. The molecular formula is C21H28F2N6O. The molecule has 0 saturated heterocycles. The third kappa shape index (κ3) is 5.34. The molecule has 30 heavy (non-hydrogen) atoms. The summed E-state index contributed by atoms with van der Waals surface area (Å²) in [7, 11) is 0. The molecule has 1 aliphatic rings. The highest BCUT2D eigenvalue weighted by atomic mass is 19.3. The van der Waals surface area contributed by atoms with Crippen molar-refractivity contribution in [3.8, 4) is 0 Å². The predicted molar refractivity (Wildman–Crippen MR) is 114 cm³/mol. The van der Waals surface area contributed by atoms with Crippen molar-refractivity contribution in [2.24, 2.45) is 10.7 Å². The molecule has 2 aromatic heterocycles. The Bertz CT molecular complexity index is 929. The first kappa shape index (κ1) is 21.7. The van der Waals surface area contributed by atoms with Crippen LogP contribution in [-0.4, -0.2) is 39.6 Å². The van der Waals surface area contributed by atoms with E-state index in [4.69, 9.17) is 5.73 Å². The first-order valence-electron chi connectivity index (χ1n) is 10.2. The Kier molecular flexibility index (Phi) is 7.02. The van der Waals surface area contributed by atoms with E-state index in [1.807, 2.05) is 19.9 Å². The number of alkyl halides is 2. The summed E-state index contributed by atoms with van der Waals surface area (Å²) in [6, 6.07) is 5.69. The maximum absolute atomic E-state index is 13.0. The van der Waals surface area contributed by atoms with Crippen LogP contribution in [-0.2, 0) is 4.79 Å². The normalized spacial score (nSPS) is 20.4. The van der Waals surface area contributed by atoms with Crippen molar-refractivity contribution in [3.63, 3.8) is 0 Å². The van der Waals surface area contributed by atoms with Crippen LogP contribution in [0.3, 0.4) is 0 Å². The van der Waals surface area contributed by atoms with Crippen LogP contribution in [0.25, 0.3) is 5.65 Å². The molecular weight excluding hydrogens is 390 g/mol. The van der Waals surface area contributed by atoms with Crippen LogP contribution in [0.2, 0.25) is 0 Å². The molecule has 4 N–H and O–H groups in total. The molecule has 0 unspecified atom stereocenters. The number of amides is 1. The number of pyridine rings is 1. The first-order valence-corrected chi connectivity index (χ1v) is 10.2. The van der Waals surface area contributed by atoms with E-state index in [2.05, 4.69) is 20.6 Å². The number of aromatic nitrogens is 2. The third-order valence-electron chi connectivity index (χ3n) is 5.10. The number of hydrogen-bond acceptors (Lipinski definition) is 5. The smallest absolute Gasteiger partial charge is 0.281 e. The van der Waals surface area contributed by atoms with Gasteiger partial charge in [-0.05, 0) is 51.7 Å². The lowest BCUT2D eigenvalue weighted by Gasteiger charge is -2.30. The minimum absolute atomic E-state index is 0.0624. The van der Waals surface area contributed by atoms with Gasteiger partial charge in [-0.2, -0.15) is 0 Å². The number of nitrogens with two attached hydrogens (primary N) is 1. The fourth-order valence-corrected chi connectivity index (χ4v) is 3.52. The zero-order valence-electron chi connectivity index (χ0n) is 17.2. The zero-order chi connectivity index (χ0) is 21.7. The lowest BCUT2D eigenvalue weighted by Crippen LogP contribution is -2.41. The van der Waals surface area contributed by atoms with E-state index < -0.39 is 6.43 Å². The number of fused-ring (bicyclic) bond motifs is 1. The van der Waals surface area contributed by atoms with Crippen molar-refractivity contribution in [1.29, 1.82) is 0 Å². The number of aliphatic imine (C=N–C) groups is 1. The second kappa shape index (κ2) is 9.69. The Balaban J connectivity index is 1.56. The second-order valence-corrected chi connectivity index (χ2v) is 7.77. The summed E-state index contributed by atoms with van der Waals surface area (Å²) >= 11 is 0. The molecule has 1 aliphatic carbocycles. The molecule has 1 amide bonds.